The molecule has 0 bridgehead atoms. The summed E-state index contributed by atoms with van der Waals surface area (Å²) in [5.74, 6) is -0.767. The molecule has 1 unspecified atom stereocenters. The highest BCUT2D eigenvalue weighted by atomic mass is 35.5. The second-order valence-corrected chi connectivity index (χ2v) is 4.43. The molecule has 0 spiro atoms. The van der Waals surface area contributed by atoms with Crippen molar-refractivity contribution in [2.24, 2.45) is 0 Å². The molecule has 1 aliphatic heterocycles. The lowest BCUT2D eigenvalue weighted by Crippen LogP contribution is -2.49. The van der Waals surface area contributed by atoms with Crippen molar-refractivity contribution in [3.8, 4) is 0 Å². The van der Waals surface area contributed by atoms with E-state index in [1.807, 2.05) is 0 Å². The lowest BCUT2D eigenvalue weighted by Gasteiger charge is -2.31. The third kappa shape index (κ3) is 3.21. The molecule has 0 radical (unpaired) electrons. The average molecular weight is 285 g/mol. The Kier molecular flexibility index (Phi) is 4.34. The number of esters is 1. The average Bonchev–Trinajstić information content (AvgIpc) is 2.45. The third-order valence-corrected chi connectivity index (χ3v) is 2.99. The van der Waals surface area contributed by atoms with Crippen molar-refractivity contribution in [2.75, 3.05) is 26.8 Å². The Bertz CT molecular complexity index is 494. The maximum Gasteiger partial charge on any atom is 0.336 e. The lowest BCUT2D eigenvalue weighted by atomic mass is 10.2. The monoisotopic (exact) mass is 284 g/mol. The van der Waals surface area contributed by atoms with Crippen LogP contribution in [0.25, 0.3) is 0 Å². The van der Waals surface area contributed by atoms with Crippen LogP contribution in [0.4, 0.5) is 0 Å². The van der Waals surface area contributed by atoms with Crippen LogP contribution in [-0.4, -0.2) is 54.7 Å². The topological polar surface area (TPSA) is 68.7 Å². The van der Waals surface area contributed by atoms with E-state index >= 15 is 0 Å². The van der Waals surface area contributed by atoms with Crippen molar-refractivity contribution in [1.29, 1.82) is 0 Å². The van der Waals surface area contributed by atoms with Crippen molar-refractivity contribution < 1.29 is 19.1 Å². The Labute approximate surface area is 115 Å². The van der Waals surface area contributed by atoms with Gasteiger partial charge in [-0.05, 0) is 12.1 Å². The van der Waals surface area contributed by atoms with Crippen molar-refractivity contribution in [2.45, 2.75) is 6.10 Å². The summed E-state index contributed by atoms with van der Waals surface area (Å²) in [6.45, 7) is 0.840. The van der Waals surface area contributed by atoms with Gasteiger partial charge in [-0.2, -0.15) is 0 Å². The van der Waals surface area contributed by atoms with Crippen LogP contribution in [-0.2, 0) is 14.3 Å². The smallest absolute Gasteiger partial charge is 0.336 e. The zero-order valence-corrected chi connectivity index (χ0v) is 11.1. The van der Waals surface area contributed by atoms with Gasteiger partial charge in [0.2, 0.25) is 0 Å². The van der Waals surface area contributed by atoms with Gasteiger partial charge in [0, 0.05) is 17.8 Å². The van der Waals surface area contributed by atoms with Gasteiger partial charge in [-0.25, -0.2) is 4.79 Å². The zero-order chi connectivity index (χ0) is 13.8. The number of hydrogen-bond acceptors (Lipinski definition) is 5. The summed E-state index contributed by atoms with van der Waals surface area (Å²) in [7, 11) is 1.28. The standard InChI is InChI=1S/C12H13ClN2O4/c1-18-12(17)10-7-15(4-5-19-10)11(16)9-6-8(13)2-3-14-9/h2-3,6,10H,4-5,7H2,1H3. The number of aromatic nitrogens is 1. The predicted molar refractivity (Wildman–Crippen MR) is 66.9 cm³/mol. The highest BCUT2D eigenvalue weighted by Gasteiger charge is 2.30. The van der Waals surface area contributed by atoms with Crippen LogP contribution in [0.5, 0.6) is 0 Å². The van der Waals surface area contributed by atoms with Crippen LogP contribution >= 0.6 is 11.6 Å². The van der Waals surface area contributed by atoms with Gasteiger partial charge in [-0.3, -0.25) is 9.78 Å². The normalized spacial score (nSPS) is 19.1. The number of ether oxygens (including phenoxy) is 2. The number of amides is 1. The second-order valence-electron chi connectivity index (χ2n) is 3.99. The molecule has 0 N–H and O–H groups in total. The van der Waals surface area contributed by atoms with Crippen LogP contribution < -0.4 is 0 Å². The molecule has 0 aliphatic carbocycles. The molecule has 2 rings (SSSR count). The van der Waals surface area contributed by atoms with E-state index in [9.17, 15) is 9.59 Å². The number of carbonyl (C=O) groups is 2. The van der Waals surface area contributed by atoms with Crippen molar-refractivity contribution in [1.82, 2.24) is 9.88 Å². The van der Waals surface area contributed by atoms with Gasteiger partial charge in [0.15, 0.2) is 6.10 Å². The van der Waals surface area contributed by atoms with Crippen molar-refractivity contribution >= 4 is 23.5 Å². The third-order valence-electron chi connectivity index (χ3n) is 2.76. The minimum atomic E-state index is -0.748. The van der Waals surface area contributed by atoms with E-state index in [1.54, 1.807) is 6.07 Å². The first-order valence-electron chi connectivity index (χ1n) is 5.72. The lowest BCUT2D eigenvalue weighted by molar-refractivity contribution is -0.158. The summed E-state index contributed by atoms with van der Waals surface area (Å²) in [6.07, 6.45) is 0.718. The number of morpholine rings is 1. The highest BCUT2D eigenvalue weighted by molar-refractivity contribution is 6.30. The molecule has 19 heavy (non-hydrogen) atoms. The Balaban J connectivity index is 2.09. The Morgan fingerprint density at radius 2 is 2.37 bits per heavy atom. The van der Waals surface area contributed by atoms with E-state index in [4.69, 9.17) is 16.3 Å². The predicted octanol–water partition coefficient (Wildman–Crippen LogP) is 0.749. The molecule has 1 amide bonds. The van der Waals surface area contributed by atoms with E-state index in [0.29, 0.717) is 11.6 Å². The molecular weight excluding hydrogens is 272 g/mol. The zero-order valence-electron chi connectivity index (χ0n) is 10.3. The second kappa shape index (κ2) is 5.99. The van der Waals surface area contributed by atoms with E-state index in [-0.39, 0.29) is 24.8 Å². The number of pyridine rings is 1. The van der Waals surface area contributed by atoms with E-state index in [2.05, 4.69) is 9.72 Å². The first-order valence-corrected chi connectivity index (χ1v) is 6.10. The van der Waals surface area contributed by atoms with Crippen molar-refractivity contribution in [3.05, 3.63) is 29.0 Å². The van der Waals surface area contributed by atoms with E-state index in [1.165, 1.54) is 24.3 Å². The van der Waals surface area contributed by atoms with Gasteiger partial charge in [0.05, 0.1) is 20.3 Å². The molecule has 7 heteroatoms. The highest BCUT2D eigenvalue weighted by Crippen LogP contribution is 2.13. The molecule has 1 fully saturated rings. The molecule has 1 aromatic rings. The fourth-order valence-corrected chi connectivity index (χ4v) is 1.95. The SMILES string of the molecule is COC(=O)C1CN(C(=O)c2cc(Cl)ccn2)CCO1. The molecule has 2 heterocycles. The number of rotatable bonds is 2. The maximum absolute atomic E-state index is 12.2. The summed E-state index contributed by atoms with van der Waals surface area (Å²) in [4.78, 5) is 29.1. The van der Waals surface area contributed by atoms with Crippen LogP contribution in [0, 0.1) is 0 Å². The number of nitrogens with zero attached hydrogens (tertiary/aromatic N) is 2. The van der Waals surface area contributed by atoms with Gasteiger partial charge >= 0.3 is 5.97 Å². The summed E-state index contributed by atoms with van der Waals surface area (Å²) in [5, 5.41) is 0.441. The van der Waals surface area contributed by atoms with Crippen LogP contribution in [0.3, 0.4) is 0 Å². The Hall–Kier alpha value is -1.66. The molecule has 6 nitrogen and oxygen atoms in total. The van der Waals surface area contributed by atoms with Gasteiger partial charge in [-0.15, -0.1) is 0 Å². The molecule has 1 saturated heterocycles. The Morgan fingerprint density at radius 1 is 1.58 bits per heavy atom. The van der Waals surface area contributed by atoms with E-state index < -0.39 is 12.1 Å². The maximum atomic E-state index is 12.2. The largest absolute Gasteiger partial charge is 0.467 e. The van der Waals surface area contributed by atoms with Gasteiger partial charge in [0.1, 0.15) is 5.69 Å². The summed E-state index contributed by atoms with van der Waals surface area (Å²) >= 11 is 5.82. The number of halogens is 1. The fourth-order valence-electron chi connectivity index (χ4n) is 1.79. The fraction of sp³-hybridized carbons (Fsp3) is 0.417. The van der Waals surface area contributed by atoms with Gasteiger partial charge in [-0.1, -0.05) is 11.6 Å². The summed E-state index contributed by atoms with van der Waals surface area (Å²) in [6, 6.07) is 3.08. The molecular formula is C12H13ClN2O4. The first-order chi connectivity index (χ1) is 9.11. The number of methoxy groups -OCH3 is 1. The Morgan fingerprint density at radius 3 is 3.05 bits per heavy atom. The minimum absolute atomic E-state index is 0.152. The van der Waals surface area contributed by atoms with Crippen LogP contribution in [0.15, 0.2) is 18.3 Å². The minimum Gasteiger partial charge on any atom is -0.467 e. The molecule has 1 aliphatic rings. The molecule has 1 aromatic heterocycles. The molecule has 1 atom stereocenters. The van der Waals surface area contributed by atoms with Crippen LogP contribution in [0.2, 0.25) is 5.02 Å². The molecule has 0 saturated carbocycles. The van der Waals surface area contributed by atoms with Gasteiger partial charge < -0.3 is 14.4 Å². The number of carbonyl (C=O) groups excluding carboxylic acids is 2. The first kappa shape index (κ1) is 13.8. The summed E-state index contributed by atoms with van der Waals surface area (Å²) < 4.78 is 9.86. The number of hydrogen-bond donors (Lipinski definition) is 0. The van der Waals surface area contributed by atoms with Crippen molar-refractivity contribution in [3.63, 3.8) is 0 Å². The van der Waals surface area contributed by atoms with Gasteiger partial charge in [0.25, 0.3) is 5.91 Å². The summed E-state index contributed by atoms with van der Waals surface area (Å²) in [5.41, 5.74) is 0.248. The molecule has 0 aromatic carbocycles. The van der Waals surface area contributed by atoms with E-state index in [0.717, 1.165) is 0 Å². The van der Waals surface area contributed by atoms with Crippen LogP contribution in [0.1, 0.15) is 10.5 Å². The quantitative estimate of drug-likeness (QED) is 0.750. The molecule has 102 valence electrons.